The molecule has 2 saturated carbocycles. The highest BCUT2D eigenvalue weighted by Crippen LogP contribution is 2.46. The van der Waals surface area contributed by atoms with Gasteiger partial charge in [-0.15, -0.1) is 0 Å². The fraction of sp³-hybridized carbons (Fsp3) is 0.500. The molecule has 24 heavy (non-hydrogen) atoms. The van der Waals surface area contributed by atoms with Crippen molar-refractivity contribution < 1.29 is 38.9 Å². The lowest BCUT2D eigenvalue weighted by Crippen LogP contribution is -2.25. The van der Waals surface area contributed by atoms with Crippen LogP contribution in [0.15, 0.2) is 24.3 Å². The van der Waals surface area contributed by atoms with Crippen molar-refractivity contribution in [1.29, 1.82) is 0 Å². The van der Waals surface area contributed by atoms with Crippen LogP contribution in [0, 0.1) is 11.8 Å². The van der Waals surface area contributed by atoms with Crippen molar-refractivity contribution in [3.8, 4) is 0 Å². The minimum Gasteiger partial charge on any atom is -0.478 e. The lowest BCUT2D eigenvalue weighted by molar-refractivity contribution is -0.147. The highest BCUT2D eigenvalue weighted by atomic mass is 16.6. The summed E-state index contributed by atoms with van der Waals surface area (Å²) < 4.78 is 10.6. The van der Waals surface area contributed by atoms with Crippen LogP contribution >= 0.6 is 0 Å². The Hall–Kier alpha value is -2.64. The Kier molecular flexibility index (Phi) is 5.73. The highest BCUT2D eigenvalue weighted by Gasteiger charge is 2.47. The van der Waals surface area contributed by atoms with E-state index in [1.54, 1.807) is 0 Å². The molecule has 2 fully saturated rings. The summed E-state index contributed by atoms with van der Waals surface area (Å²) >= 11 is 0. The topological polar surface area (TPSA) is 127 Å². The molecule has 8 nitrogen and oxygen atoms in total. The van der Waals surface area contributed by atoms with E-state index in [9.17, 15) is 19.2 Å². The predicted octanol–water partition coefficient (Wildman–Crippen LogP) is 0.912. The van der Waals surface area contributed by atoms with E-state index in [1.807, 2.05) is 0 Å². The van der Waals surface area contributed by atoms with E-state index < -0.39 is 23.9 Å². The van der Waals surface area contributed by atoms with Crippen molar-refractivity contribution in [3.05, 3.63) is 24.3 Å². The molecule has 4 atom stereocenters. The number of fused-ring (bicyclic) bond motifs is 1. The molecule has 0 aliphatic heterocycles. The summed E-state index contributed by atoms with van der Waals surface area (Å²) in [5.41, 5.74) is 0. The van der Waals surface area contributed by atoms with Crippen LogP contribution in [-0.2, 0) is 28.7 Å². The molecule has 2 aliphatic carbocycles. The van der Waals surface area contributed by atoms with Crippen LogP contribution in [-0.4, -0.2) is 46.3 Å². The molecule has 0 bridgehead atoms. The summed E-state index contributed by atoms with van der Waals surface area (Å²) in [5, 5.41) is 17.0. The van der Waals surface area contributed by atoms with Crippen molar-refractivity contribution in [3.63, 3.8) is 0 Å². The molecule has 0 heterocycles. The van der Waals surface area contributed by atoms with Gasteiger partial charge in [0.25, 0.3) is 0 Å². The first kappa shape index (κ1) is 17.7. The van der Waals surface area contributed by atoms with E-state index in [1.165, 1.54) is 0 Å². The maximum Gasteiger partial charge on any atom is 0.331 e. The maximum absolute atomic E-state index is 11.6. The number of esters is 2. The molecule has 2 rings (SSSR count). The Balaban J connectivity index is 1.87. The molecule has 0 spiro atoms. The summed E-state index contributed by atoms with van der Waals surface area (Å²) in [6.07, 6.45) is 5.27. The van der Waals surface area contributed by atoms with Crippen molar-refractivity contribution in [2.75, 3.05) is 0 Å². The van der Waals surface area contributed by atoms with E-state index >= 15 is 0 Å². The van der Waals surface area contributed by atoms with E-state index in [2.05, 4.69) is 0 Å². The zero-order valence-corrected chi connectivity index (χ0v) is 12.8. The number of hydrogen-bond acceptors (Lipinski definition) is 6. The number of carboxylic acids is 2. The van der Waals surface area contributed by atoms with Crippen LogP contribution in [0.4, 0.5) is 0 Å². The van der Waals surface area contributed by atoms with Crippen LogP contribution in [0.1, 0.15) is 25.7 Å². The number of carbonyl (C=O) groups excluding carboxylic acids is 2. The van der Waals surface area contributed by atoms with Crippen LogP contribution in [0.3, 0.4) is 0 Å². The standard InChI is InChI=1S/C16H18O8/c17-13(18)5-7-15(21)23-11-3-1-9-10(11)2-4-12(9)24-16(22)8-6-14(19)20/h5-12H,1-4H2,(H,17,18)(H,19,20)/b7-5+,8-6+/t9-,10-,11-,12+/m0/s1. The Morgan fingerprint density at radius 3 is 1.38 bits per heavy atom. The van der Waals surface area contributed by atoms with Gasteiger partial charge in [-0.3, -0.25) is 0 Å². The first-order valence-electron chi connectivity index (χ1n) is 7.60. The first-order valence-corrected chi connectivity index (χ1v) is 7.60. The molecular formula is C16H18O8. The first-order chi connectivity index (χ1) is 11.4. The second kappa shape index (κ2) is 7.76. The highest BCUT2D eigenvalue weighted by molar-refractivity contribution is 5.91. The number of aliphatic carboxylic acids is 2. The number of carboxylic acid groups (broad SMARTS) is 2. The van der Waals surface area contributed by atoms with Crippen LogP contribution < -0.4 is 0 Å². The minimum absolute atomic E-state index is 0.0634. The van der Waals surface area contributed by atoms with Gasteiger partial charge >= 0.3 is 23.9 Å². The average Bonchev–Trinajstić information content (AvgIpc) is 3.07. The fourth-order valence-corrected chi connectivity index (χ4v) is 3.44. The molecule has 0 aromatic rings. The Morgan fingerprint density at radius 2 is 1.04 bits per heavy atom. The summed E-state index contributed by atoms with van der Waals surface area (Å²) in [7, 11) is 0. The average molecular weight is 338 g/mol. The van der Waals surface area contributed by atoms with Gasteiger partial charge in [0.05, 0.1) is 0 Å². The molecule has 0 aromatic heterocycles. The molecule has 130 valence electrons. The molecule has 0 aromatic carbocycles. The quantitative estimate of drug-likeness (QED) is 0.540. The molecular weight excluding hydrogens is 320 g/mol. The summed E-state index contributed by atoms with van der Waals surface area (Å²) in [6, 6.07) is 0. The maximum atomic E-state index is 11.6. The SMILES string of the molecule is O=C(O)/C=C/C(=O)O[C@H]1CC[C@H]2[C@@H]1CC[C@H]2OC(=O)/C=C/C(=O)O. The number of rotatable bonds is 6. The number of hydrogen-bond donors (Lipinski definition) is 2. The molecule has 0 radical (unpaired) electrons. The van der Waals surface area contributed by atoms with Gasteiger partial charge in [0.15, 0.2) is 0 Å². The molecule has 0 saturated heterocycles. The van der Waals surface area contributed by atoms with Gasteiger partial charge in [-0.25, -0.2) is 19.2 Å². The molecule has 2 N–H and O–H groups in total. The van der Waals surface area contributed by atoms with Crippen molar-refractivity contribution in [2.24, 2.45) is 11.8 Å². The molecule has 2 aliphatic rings. The van der Waals surface area contributed by atoms with Crippen molar-refractivity contribution in [2.45, 2.75) is 37.9 Å². The van der Waals surface area contributed by atoms with E-state index in [0.29, 0.717) is 12.8 Å². The Labute approximate surface area is 137 Å². The van der Waals surface area contributed by atoms with Gasteiger partial charge in [0.1, 0.15) is 12.2 Å². The Morgan fingerprint density at radius 1 is 0.667 bits per heavy atom. The third-order valence-corrected chi connectivity index (χ3v) is 4.33. The third-order valence-electron chi connectivity index (χ3n) is 4.33. The predicted molar refractivity (Wildman–Crippen MR) is 78.8 cm³/mol. The normalized spacial score (nSPS) is 28.8. The second-order valence-corrected chi connectivity index (χ2v) is 5.78. The zero-order valence-electron chi connectivity index (χ0n) is 12.8. The molecule has 0 amide bonds. The van der Waals surface area contributed by atoms with E-state index in [0.717, 1.165) is 37.1 Å². The zero-order chi connectivity index (χ0) is 17.7. The van der Waals surface area contributed by atoms with Gasteiger partial charge in [0.2, 0.25) is 0 Å². The fourth-order valence-electron chi connectivity index (χ4n) is 3.44. The smallest absolute Gasteiger partial charge is 0.331 e. The van der Waals surface area contributed by atoms with E-state index in [-0.39, 0.29) is 24.0 Å². The number of ether oxygens (including phenoxy) is 2. The Bertz CT molecular complexity index is 539. The lowest BCUT2D eigenvalue weighted by Gasteiger charge is -2.20. The summed E-state index contributed by atoms with van der Waals surface area (Å²) in [6.45, 7) is 0. The van der Waals surface area contributed by atoms with Gasteiger partial charge in [-0.1, -0.05) is 0 Å². The minimum atomic E-state index is -1.22. The van der Waals surface area contributed by atoms with Crippen LogP contribution in [0.2, 0.25) is 0 Å². The third kappa shape index (κ3) is 4.68. The molecule has 0 unspecified atom stereocenters. The van der Waals surface area contributed by atoms with Gasteiger partial charge in [-0.2, -0.15) is 0 Å². The van der Waals surface area contributed by atoms with Crippen LogP contribution in [0.25, 0.3) is 0 Å². The van der Waals surface area contributed by atoms with E-state index in [4.69, 9.17) is 19.7 Å². The van der Waals surface area contributed by atoms with Crippen LogP contribution in [0.5, 0.6) is 0 Å². The monoisotopic (exact) mass is 338 g/mol. The largest absolute Gasteiger partial charge is 0.478 e. The second-order valence-electron chi connectivity index (χ2n) is 5.78. The van der Waals surface area contributed by atoms with Gasteiger partial charge in [0, 0.05) is 36.1 Å². The van der Waals surface area contributed by atoms with Gasteiger partial charge in [-0.05, 0) is 25.7 Å². The van der Waals surface area contributed by atoms with Gasteiger partial charge < -0.3 is 19.7 Å². The summed E-state index contributed by atoms with van der Waals surface area (Å²) in [5.74, 6) is -3.72. The molecule has 8 heteroatoms. The van der Waals surface area contributed by atoms with Crippen molar-refractivity contribution in [1.82, 2.24) is 0 Å². The lowest BCUT2D eigenvalue weighted by atomic mass is 9.98. The summed E-state index contributed by atoms with van der Waals surface area (Å²) in [4.78, 5) is 43.9. The van der Waals surface area contributed by atoms with Crippen molar-refractivity contribution >= 4 is 23.9 Å². The number of carbonyl (C=O) groups is 4.